The molecular weight excluding hydrogens is 296 g/mol. The van der Waals surface area contributed by atoms with Crippen molar-refractivity contribution in [2.45, 2.75) is 37.8 Å². The number of ether oxygens (including phenoxy) is 2. The van der Waals surface area contributed by atoms with Crippen molar-refractivity contribution >= 4 is 17.3 Å². The number of benzene rings is 1. The molecule has 0 amide bonds. The topological polar surface area (TPSA) is 42.5 Å². The lowest BCUT2D eigenvalue weighted by Gasteiger charge is -2.28. The molecule has 5 heteroatoms. The van der Waals surface area contributed by atoms with Crippen LogP contribution in [0.3, 0.4) is 0 Å². The molecule has 2 bridgehead atoms. The molecule has 0 spiro atoms. The fourth-order valence-corrected chi connectivity index (χ4v) is 4.25. The number of hydrogen-bond acceptors (Lipinski definition) is 3. The molecule has 0 aromatic heterocycles. The molecule has 1 aromatic rings. The fraction of sp³-hybridized carbons (Fsp3) is 0.588. The molecule has 1 aliphatic heterocycles. The lowest BCUT2D eigenvalue weighted by atomic mass is 9.96. The second-order valence-electron chi connectivity index (χ2n) is 6.63. The molecule has 22 heavy (non-hydrogen) atoms. The number of thiocarbonyl (C=S) groups is 1. The van der Waals surface area contributed by atoms with Crippen molar-refractivity contribution in [3.05, 3.63) is 24.3 Å². The molecule has 0 radical (unpaired) electrons. The summed E-state index contributed by atoms with van der Waals surface area (Å²) in [7, 11) is 0. The molecule has 2 fully saturated rings. The Labute approximate surface area is 136 Å². The van der Waals surface area contributed by atoms with Gasteiger partial charge in [0, 0.05) is 6.04 Å². The first-order valence-corrected chi connectivity index (χ1v) is 8.61. The minimum Gasteiger partial charge on any atom is -0.486 e. The zero-order valence-corrected chi connectivity index (χ0v) is 13.4. The molecule has 1 aromatic carbocycles. The Morgan fingerprint density at radius 1 is 1.18 bits per heavy atom. The van der Waals surface area contributed by atoms with E-state index in [4.69, 9.17) is 21.7 Å². The Kier molecular flexibility index (Phi) is 3.82. The minimum atomic E-state index is -0.00493. The van der Waals surface area contributed by atoms with Crippen LogP contribution in [0, 0.1) is 11.8 Å². The van der Waals surface area contributed by atoms with Crippen molar-refractivity contribution in [2.24, 2.45) is 11.8 Å². The van der Waals surface area contributed by atoms with Crippen molar-refractivity contribution in [2.75, 3.05) is 13.2 Å². The first-order valence-electron chi connectivity index (χ1n) is 8.21. The third kappa shape index (κ3) is 2.86. The van der Waals surface area contributed by atoms with E-state index in [1.807, 2.05) is 24.3 Å². The van der Waals surface area contributed by atoms with E-state index in [0.717, 1.165) is 28.4 Å². The summed E-state index contributed by atoms with van der Waals surface area (Å²) < 4.78 is 11.6. The van der Waals surface area contributed by atoms with Crippen molar-refractivity contribution in [3.63, 3.8) is 0 Å². The number of hydrogen-bond donors (Lipinski definition) is 2. The van der Waals surface area contributed by atoms with Gasteiger partial charge in [0.2, 0.25) is 0 Å². The van der Waals surface area contributed by atoms with Crippen LogP contribution in [0.25, 0.3) is 0 Å². The van der Waals surface area contributed by atoms with E-state index in [-0.39, 0.29) is 6.10 Å². The highest BCUT2D eigenvalue weighted by Gasteiger charge is 2.39. The molecule has 4 atom stereocenters. The summed E-state index contributed by atoms with van der Waals surface area (Å²) in [6.07, 6.45) is 5.44. The molecule has 118 valence electrons. The van der Waals surface area contributed by atoms with Crippen LogP contribution < -0.4 is 20.1 Å². The summed E-state index contributed by atoms with van der Waals surface area (Å²) in [6.45, 7) is 1.22. The normalized spacial score (nSPS) is 31.8. The molecule has 2 saturated carbocycles. The van der Waals surface area contributed by atoms with Crippen LogP contribution in [0.2, 0.25) is 0 Å². The molecule has 2 N–H and O–H groups in total. The number of rotatable bonds is 3. The Bertz CT molecular complexity index is 565. The maximum absolute atomic E-state index is 5.93. The standard InChI is InChI=1S/C17H22N2O2S/c22-17(19-14-8-11-5-6-12(14)7-11)18-9-13-10-20-15-3-1-2-4-16(15)21-13/h1-4,11-14H,5-10H2,(H2,18,19,22)/t11-,12-,13-,14-/m1/s1. The van der Waals surface area contributed by atoms with Crippen LogP contribution in [0.5, 0.6) is 11.5 Å². The largest absolute Gasteiger partial charge is 0.486 e. The molecule has 4 nitrogen and oxygen atoms in total. The molecule has 1 heterocycles. The summed E-state index contributed by atoms with van der Waals surface area (Å²) in [6, 6.07) is 8.35. The van der Waals surface area contributed by atoms with Crippen molar-refractivity contribution in [1.29, 1.82) is 0 Å². The van der Waals surface area contributed by atoms with Gasteiger partial charge >= 0.3 is 0 Å². The molecule has 0 saturated heterocycles. The Morgan fingerprint density at radius 3 is 2.82 bits per heavy atom. The van der Waals surface area contributed by atoms with Gasteiger partial charge in [-0.05, 0) is 55.4 Å². The van der Waals surface area contributed by atoms with Gasteiger partial charge in [0.1, 0.15) is 12.7 Å². The summed E-state index contributed by atoms with van der Waals surface area (Å²) in [4.78, 5) is 0. The van der Waals surface area contributed by atoms with E-state index in [0.29, 0.717) is 19.2 Å². The van der Waals surface area contributed by atoms with Gasteiger partial charge in [0.15, 0.2) is 16.6 Å². The number of para-hydroxylation sites is 2. The molecule has 3 aliphatic rings. The van der Waals surface area contributed by atoms with E-state index in [1.54, 1.807) is 0 Å². The summed E-state index contributed by atoms with van der Waals surface area (Å²) in [5.74, 6) is 3.39. The summed E-state index contributed by atoms with van der Waals surface area (Å²) >= 11 is 5.43. The monoisotopic (exact) mass is 318 g/mol. The zero-order valence-electron chi connectivity index (χ0n) is 12.6. The third-order valence-corrected chi connectivity index (χ3v) is 5.37. The van der Waals surface area contributed by atoms with Crippen LogP contribution in [-0.2, 0) is 0 Å². The van der Waals surface area contributed by atoms with E-state index >= 15 is 0 Å². The van der Waals surface area contributed by atoms with Gasteiger partial charge in [0.25, 0.3) is 0 Å². The van der Waals surface area contributed by atoms with Gasteiger partial charge in [0.05, 0.1) is 6.54 Å². The van der Waals surface area contributed by atoms with E-state index in [2.05, 4.69) is 10.6 Å². The van der Waals surface area contributed by atoms with Gasteiger partial charge in [-0.2, -0.15) is 0 Å². The van der Waals surface area contributed by atoms with Crippen LogP contribution in [0.4, 0.5) is 0 Å². The number of fused-ring (bicyclic) bond motifs is 3. The Balaban J connectivity index is 1.24. The third-order valence-electron chi connectivity index (χ3n) is 5.11. The van der Waals surface area contributed by atoms with Crippen LogP contribution in [0.15, 0.2) is 24.3 Å². The first-order chi connectivity index (χ1) is 10.8. The van der Waals surface area contributed by atoms with Crippen molar-refractivity contribution in [1.82, 2.24) is 10.6 Å². The number of nitrogens with one attached hydrogen (secondary N) is 2. The Hall–Kier alpha value is -1.49. The van der Waals surface area contributed by atoms with Gasteiger partial charge in [-0.3, -0.25) is 0 Å². The van der Waals surface area contributed by atoms with Gasteiger partial charge in [-0.1, -0.05) is 18.6 Å². The first kappa shape index (κ1) is 14.1. The predicted octanol–water partition coefficient (Wildman–Crippen LogP) is 2.48. The van der Waals surface area contributed by atoms with Crippen LogP contribution >= 0.6 is 12.2 Å². The highest BCUT2D eigenvalue weighted by Crippen LogP contribution is 2.44. The second kappa shape index (κ2) is 5.95. The second-order valence-corrected chi connectivity index (χ2v) is 7.04. The predicted molar refractivity (Wildman–Crippen MR) is 89.3 cm³/mol. The minimum absolute atomic E-state index is 0.00493. The molecule has 2 aliphatic carbocycles. The van der Waals surface area contributed by atoms with Crippen LogP contribution in [0.1, 0.15) is 25.7 Å². The van der Waals surface area contributed by atoms with E-state index in [9.17, 15) is 0 Å². The highest BCUT2D eigenvalue weighted by molar-refractivity contribution is 7.80. The van der Waals surface area contributed by atoms with Crippen molar-refractivity contribution < 1.29 is 9.47 Å². The lowest BCUT2D eigenvalue weighted by molar-refractivity contribution is 0.0937. The average molecular weight is 318 g/mol. The quantitative estimate of drug-likeness (QED) is 0.838. The van der Waals surface area contributed by atoms with E-state index in [1.165, 1.54) is 25.7 Å². The molecule has 4 rings (SSSR count). The fourth-order valence-electron chi connectivity index (χ4n) is 4.01. The maximum Gasteiger partial charge on any atom is 0.166 e. The Morgan fingerprint density at radius 2 is 2.05 bits per heavy atom. The van der Waals surface area contributed by atoms with Gasteiger partial charge < -0.3 is 20.1 Å². The lowest BCUT2D eigenvalue weighted by Crippen LogP contribution is -2.48. The maximum atomic E-state index is 5.93. The smallest absolute Gasteiger partial charge is 0.166 e. The zero-order chi connectivity index (χ0) is 14.9. The molecular formula is C17H22N2O2S. The van der Waals surface area contributed by atoms with Crippen molar-refractivity contribution in [3.8, 4) is 11.5 Å². The molecule has 0 unspecified atom stereocenters. The SMILES string of the molecule is S=C(NC[C@@H]1COc2ccccc2O1)N[C@@H]1C[C@@H]2CC[C@@H]1C2. The highest BCUT2D eigenvalue weighted by atomic mass is 32.1. The summed E-state index contributed by atoms with van der Waals surface area (Å²) in [5, 5.41) is 7.53. The summed E-state index contributed by atoms with van der Waals surface area (Å²) in [5.41, 5.74) is 0. The van der Waals surface area contributed by atoms with Gasteiger partial charge in [-0.25, -0.2) is 0 Å². The van der Waals surface area contributed by atoms with Gasteiger partial charge in [-0.15, -0.1) is 0 Å². The van der Waals surface area contributed by atoms with Crippen LogP contribution in [-0.4, -0.2) is 30.4 Å². The average Bonchev–Trinajstić information content (AvgIpc) is 3.15. The van der Waals surface area contributed by atoms with E-state index < -0.39 is 0 Å².